The summed E-state index contributed by atoms with van der Waals surface area (Å²) in [6.45, 7) is 8.12. The SMILES string of the molecule is Cc1nc2ccc(N3C(=O)C(C)(C)c4cc(C(=O)NC5(C)CCOS5)ccc43)cc2o1. The summed E-state index contributed by atoms with van der Waals surface area (Å²) in [5.41, 5.74) is 3.44. The topological polar surface area (TPSA) is 84.7 Å². The van der Waals surface area contributed by atoms with Crippen LogP contribution in [0, 0.1) is 6.92 Å². The van der Waals surface area contributed by atoms with Gasteiger partial charge in [0.15, 0.2) is 11.5 Å². The normalized spacial score (nSPS) is 22.2. The third-order valence-electron chi connectivity index (χ3n) is 5.93. The zero-order valence-electron chi connectivity index (χ0n) is 17.8. The number of anilines is 2. The monoisotopic (exact) mass is 437 g/mol. The maximum Gasteiger partial charge on any atom is 0.252 e. The summed E-state index contributed by atoms with van der Waals surface area (Å²) < 4.78 is 11.0. The Hall–Kier alpha value is -2.84. The van der Waals surface area contributed by atoms with Crippen molar-refractivity contribution in [3.05, 3.63) is 53.4 Å². The van der Waals surface area contributed by atoms with Gasteiger partial charge in [0.2, 0.25) is 5.91 Å². The van der Waals surface area contributed by atoms with Crippen LogP contribution in [0.2, 0.25) is 0 Å². The fourth-order valence-corrected chi connectivity index (χ4v) is 4.87. The Morgan fingerprint density at radius 3 is 2.74 bits per heavy atom. The fraction of sp³-hybridized carbons (Fsp3) is 0.348. The predicted octanol–water partition coefficient (Wildman–Crippen LogP) is 4.61. The van der Waals surface area contributed by atoms with Gasteiger partial charge in [0.1, 0.15) is 10.4 Å². The average molecular weight is 438 g/mol. The molecule has 5 rings (SSSR count). The van der Waals surface area contributed by atoms with Gasteiger partial charge in [-0.25, -0.2) is 4.98 Å². The lowest BCUT2D eigenvalue weighted by atomic mass is 9.85. The molecule has 2 aliphatic rings. The van der Waals surface area contributed by atoms with E-state index < -0.39 is 10.3 Å². The molecule has 160 valence electrons. The second kappa shape index (κ2) is 6.83. The third-order valence-corrected chi connectivity index (χ3v) is 6.89. The van der Waals surface area contributed by atoms with Crippen molar-refractivity contribution in [2.75, 3.05) is 11.5 Å². The van der Waals surface area contributed by atoms with E-state index in [1.54, 1.807) is 17.9 Å². The Labute approximate surface area is 184 Å². The summed E-state index contributed by atoms with van der Waals surface area (Å²) in [5, 5.41) is 3.05. The van der Waals surface area contributed by atoms with E-state index in [4.69, 9.17) is 8.60 Å². The van der Waals surface area contributed by atoms with Gasteiger partial charge in [0, 0.05) is 37.0 Å². The number of amides is 2. The molecule has 0 saturated carbocycles. The van der Waals surface area contributed by atoms with Gasteiger partial charge >= 0.3 is 0 Å². The molecule has 1 N–H and O–H groups in total. The lowest BCUT2D eigenvalue weighted by Crippen LogP contribution is -2.41. The fourth-order valence-electron chi connectivity index (χ4n) is 4.15. The largest absolute Gasteiger partial charge is 0.441 e. The standard InChI is InChI=1S/C23H23N3O4S/c1-13-24-17-7-6-15(12-19(17)30-13)26-18-8-5-14(11-16(18)22(2,3)21(26)28)20(27)25-23(4)9-10-29-31-23/h5-8,11-12H,9-10H2,1-4H3,(H,25,27). The molecule has 8 heteroatoms. The van der Waals surface area contributed by atoms with Gasteiger partial charge in [0.25, 0.3) is 5.91 Å². The Balaban J connectivity index is 1.53. The summed E-state index contributed by atoms with van der Waals surface area (Å²) in [7, 11) is 0. The molecule has 1 unspecified atom stereocenters. The lowest BCUT2D eigenvalue weighted by Gasteiger charge is -2.22. The van der Waals surface area contributed by atoms with Gasteiger partial charge in [-0.05, 0) is 56.7 Å². The lowest BCUT2D eigenvalue weighted by molar-refractivity contribution is -0.121. The van der Waals surface area contributed by atoms with Crippen molar-refractivity contribution < 1.29 is 18.2 Å². The summed E-state index contributed by atoms with van der Waals surface area (Å²) in [6, 6.07) is 11.0. The molecule has 1 fully saturated rings. The summed E-state index contributed by atoms with van der Waals surface area (Å²) >= 11 is 1.29. The highest BCUT2D eigenvalue weighted by Gasteiger charge is 2.45. The molecule has 31 heavy (non-hydrogen) atoms. The number of nitrogens with zero attached hydrogens (tertiary/aromatic N) is 2. The van der Waals surface area contributed by atoms with Gasteiger partial charge in [-0.2, -0.15) is 0 Å². The number of rotatable bonds is 3. The van der Waals surface area contributed by atoms with E-state index in [0.717, 1.165) is 23.2 Å². The second-order valence-corrected chi connectivity index (χ2v) is 10.0. The number of fused-ring (bicyclic) bond motifs is 2. The number of oxazole rings is 1. The van der Waals surface area contributed by atoms with Crippen molar-refractivity contribution >= 4 is 46.3 Å². The van der Waals surface area contributed by atoms with E-state index in [1.807, 2.05) is 51.1 Å². The molecule has 3 aromatic rings. The number of hydrogen-bond donors (Lipinski definition) is 1. The average Bonchev–Trinajstić information content (AvgIpc) is 3.36. The van der Waals surface area contributed by atoms with Gasteiger partial charge in [-0.15, -0.1) is 0 Å². The van der Waals surface area contributed by atoms with E-state index in [-0.39, 0.29) is 11.8 Å². The first kappa shape index (κ1) is 20.1. The van der Waals surface area contributed by atoms with Crippen molar-refractivity contribution in [1.82, 2.24) is 10.3 Å². The molecule has 2 aromatic carbocycles. The molecule has 2 amide bonds. The number of benzene rings is 2. The van der Waals surface area contributed by atoms with Crippen molar-refractivity contribution in [3.63, 3.8) is 0 Å². The van der Waals surface area contributed by atoms with Crippen LogP contribution in [0.4, 0.5) is 11.4 Å². The number of hydrogen-bond acceptors (Lipinski definition) is 6. The van der Waals surface area contributed by atoms with Crippen molar-refractivity contribution in [2.24, 2.45) is 0 Å². The first-order valence-corrected chi connectivity index (χ1v) is 10.9. The van der Waals surface area contributed by atoms with Crippen LogP contribution >= 0.6 is 12.0 Å². The Morgan fingerprint density at radius 2 is 2.00 bits per heavy atom. The molecule has 7 nitrogen and oxygen atoms in total. The van der Waals surface area contributed by atoms with E-state index in [0.29, 0.717) is 29.3 Å². The minimum absolute atomic E-state index is 0.0534. The van der Waals surface area contributed by atoms with Crippen molar-refractivity contribution in [1.29, 1.82) is 0 Å². The van der Waals surface area contributed by atoms with E-state index in [9.17, 15) is 9.59 Å². The molecule has 1 atom stereocenters. The van der Waals surface area contributed by atoms with Crippen LogP contribution in [0.1, 0.15) is 49.0 Å². The third kappa shape index (κ3) is 3.21. The molecule has 0 spiro atoms. The van der Waals surface area contributed by atoms with E-state index >= 15 is 0 Å². The first-order chi connectivity index (χ1) is 14.7. The van der Waals surface area contributed by atoms with Crippen LogP contribution in [0.3, 0.4) is 0 Å². The minimum atomic E-state index is -0.771. The zero-order chi connectivity index (χ0) is 22.0. The van der Waals surface area contributed by atoms with Gasteiger partial charge in [0.05, 0.1) is 23.4 Å². The number of carbonyl (C=O) groups excluding carboxylic acids is 2. The molecule has 3 heterocycles. The molecular weight excluding hydrogens is 414 g/mol. The molecular formula is C23H23N3O4S. The molecule has 0 radical (unpaired) electrons. The van der Waals surface area contributed by atoms with Crippen LogP contribution in [-0.2, 0) is 14.4 Å². The smallest absolute Gasteiger partial charge is 0.252 e. The molecule has 0 aliphatic carbocycles. The highest BCUT2D eigenvalue weighted by atomic mass is 32.2. The Bertz CT molecular complexity index is 1230. The van der Waals surface area contributed by atoms with E-state index in [1.165, 1.54) is 12.0 Å². The van der Waals surface area contributed by atoms with Crippen molar-refractivity contribution in [3.8, 4) is 0 Å². The number of aryl methyl sites for hydroxylation is 1. The number of aromatic nitrogens is 1. The summed E-state index contributed by atoms with van der Waals surface area (Å²) in [6.07, 6.45) is 0.746. The maximum absolute atomic E-state index is 13.4. The number of nitrogens with one attached hydrogen (secondary N) is 1. The van der Waals surface area contributed by atoms with Gasteiger partial charge in [-0.1, -0.05) is 0 Å². The zero-order valence-corrected chi connectivity index (χ0v) is 18.6. The molecule has 1 aromatic heterocycles. The number of carbonyl (C=O) groups is 2. The van der Waals surface area contributed by atoms with Crippen LogP contribution < -0.4 is 10.2 Å². The summed E-state index contributed by atoms with van der Waals surface area (Å²) in [5.74, 6) is 0.349. The molecule has 0 bridgehead atoms. The second-order valence-electron chi connectivity index (χ2n) is 8.72. The first-order valence-electron chi connectivity index (χ1n) is 10.2. The van der Waals surface area contributed by atoms with Crippen molar-refractivity contribution in [2.45, 2.75) is 44.4 Å². The Kier molecular flexibility index (Phi) is 4.43. The van der Waals surface area contributed by atoms with E-state index in [2.05, 4.69) is 10.3 Å². The van der Waals surface area contributed by atoms with Gasteiger partial charge < -0.3 is 13.9 Å². The van der Waals surface area contributed by atoms with Crippen LogP contribution in [-0.4, -0.2) is 28.3 Å². The highest BCUT2D eigenvalue weighted by molar-refractivity contribution is 7.96. The Morgan fingerprint density at radius 1 is 1.19 bits per heavy atom. The minimum Gasteiger partial charge on any atom is -0.441 e. The van der Waals surface area contributed by atoms with Gasteiger partial charge in [-0.3, -0.25) is 14.5 Å². The molecule has 1 saturated heterocycles. The highest BCUT2D eigenvalue weighted by Crippen LogP contribution is 2.46. The quantitative estimate of drug-likeness (QED) is 0.603. The van der Waals surface area contributed by atoms with Crippen LogP contribution in [0.25, 0.3) is 11.1 Å². The summed E-state index contributed by atoms with van der Waals surface area (Å²) in [4.78, 5) is 31.9. The van der Waals surface area contributed by atoms with Crippen LogP contribution in [0.5, 0.6) is 0 Å². The predicted molar refractivity (Wildman–Crippen MR) is 119 cm³/mol. The van der Waals surface area contributed by atoms with Crippen LogP contribution in [0.15, 0.2) is 40.8 Å². The molecule has 2 aliphatic heterocycles. The maximum atomic E-state index is 13.4.